The Bertz CT molecular complexity index is 3060. The second-order valence-corrected chi connectivity index (χ2v) is 13.7. The Morgan fingerprint density at radius 3 is 1.45 bits per heavy atom. The Kier molecular flexibility index (Phi) is 7.10. The van der Waals surface area contributed by atoms with E-state index in [0.717, 1.165) is 99.8 Å². The quantitative estimate of drug-likeness (QED) is 0.172. The number of benzene rings is 7. The lowest BCUT2D eigenvalue weighted by atomic mass is 9.93. The zero-order valence-electron chi connectivity index (χ0n) is 29.4. The third kappa shape index (κ3) is 5.33. The molecule has 0 bridgehead atoms. The van der Waals surface area contributed by atoms with Gasteiger partial charge in [0.05, 0.1) is 17.7 Å². The molecule has 0 aliphatic heterocycles. The molecule has 4 aromatic heterocycles. The van der Waals surface area contributed by atoms with Gasteiger partial charge in [-0.3, -0.25) is 0 Å². The number of furan rings is 3. The fourth-order valence-corrected chi connectivity index (χ4v) is 7.76. The molecule has 55 heavy (non-hydrogen) atoms. The molecule has 0 aliphatic rings. The molecule has 4 heterocycles. The van der Waals surface area contributed by atoms with Crippen LogP contribution >= 0.6 is 0 Å². The van der Waals surface area contributed by atoms with Crippen LogP contribution in [-0.2, 0) is 0 Å². The van der Waals surface area contributed by atoms with Crippen LogP contribution in [0.25, 0.3) is 111 Å². The largest absolute Gasteiger partial charge is 0.461 e. The van der Waals surface area contributed by atoms with E-state index in [9.17, 15) is 0 Å². The number of hydrogen-bond acceptors (Lipinski definition) is 5. The molecule has 0 saturated heterocycles. The molecule has 0 fully saturated rings. The van der Waals surface area contributed by atoms with Gasteiger partial charge in [0.1, 0.15) is 22.3 Å². The van der Waals surface area contributed by atoms with Crippen molar-refractivity contribution in [3.63, 3.8) is 0 Å². The minimum atomic E-state index is 0.510. The predicted molar refractivity (Wildman–Crippen MR) is 221 cm³/mol. The molecule has 11 aromatic rings. The van der Waals surface area contributed by atoms with Gasteiger partial charge in [-0.25, -0.2) is 9.97 Å². The van der Waals surface area contributed by atoms with E-state index in [1.54, 1.807) is 6.26 Å². The Morgan fingerprint density at radius 1 is 0.345 bits per heavy atom. The molecular formula is C50H30N2O3. The van der Waals surface area contributed by atoms with Crippen LogP contribution in [0.5, 0.6) is 0 Å². The molecule has 0 atom stereocenters. The molecule has 0 spiro atoms. The van der Waals surface area contributed by atoms with Crippen LogP contribution < -0.4 is 0 Å². The maximum atomic E-state index is 6.57. The lowest BCUT2D eigenvalue weighted by Crippen LogP contribution is -1.96. The molecule has 0 aliphatic carbocycles. The fourth-order valence-electron chi connectivity index (χ4n) is 7.76. The lowest BCUT2D eigenvalue weighted by Gasteiger charge is -2.13. The zero-order valence-corrected chi connectivity index (χ0v) is 29.4. The number of hydrogen-bond donors (Lipinski definition) is 0. The van der Waals surface area contributed by atoms with Crippen LogP contribution in [0.3, 0.4) is 0 Å². The number of aromatic nitrogens is 2. The Morgan fingerprint density at radius 2 is 0.855 bits per heavy atom. The van der Waals surface area contributed by atoms with Gasteiger partial charge in [0, 0.05) is 43.8 Å². The summed E-state index contributed by atoms with van der Waals surface area (Å²) in [5.41, 5.74) is 13.1. The summed E-state index contributed by atoms with van der Waals surface area (Å²) < 4.78 is 19.0. The number of nitrogens with zero attached hydrogens (tertiary/aromatic N) is 2. The summed E-state index contributed by atoms with van der Waals surface area (Å²) in [6, 6.07) is 60.4. The first-order valence-electron chi connectivity index (χ1n) is 18.3. The van der Waals surface area contributed by atoms with Crippen LogP contribution in [0.2, 0.25) is 0 Å². The van der Waals surface area contributed by atoms with Gasteiger partial charge >= 0.3 is 0 Å². The summed E-state index contributed by atoms with van der Waals surface area (Å²) in [6.07, 6.45) is 1.65. The topological polar surface area (TPSA) is 65.2 Å². The van der Waals surface area contributed by atoms with E-state index in [1.165, 1.54) is 0 Å². The summed E-state index contributed by atoms with van der Waals surface area (Å²) in [5.74, 6) is 1.11. The average Bonchev–Trinajstić information content (AvgIpc) is 4.02. The third-order valence-electron chi connectivity index (χ3n) is 10.4. The van der Waals surface area contributed by atoms with Gasteiger partial charge in [0.25, 0.3) is 0 Å². The van der Waals surface area contributed by atoms with Crippen molar-refractivity contribution in [3.8, 4) is 67.5 Å². The average molecular weight is 707 g/mol. The molecule has 0 saturated carbocycles. The van der Waals surface area contributed by atoms with E-state index in [4.69, 9.17) is 23.2 Å². The first-order chi connectivity index (χ1) is 27.2. The van der Waals surface area contributed by atoms with Crippen molar-refractivity contribution in [1.82, 2.24) is 9.97 Å². The minimum Gasteiger partial charge on any atom is -0.461 e. The highest BCUT2D eigenvalue weighted by molar-refractivity contribution is 6.11. The molecule has 0 radical (unpaired) electrons. The SMILES string of the molecule is c1ccc(-c2ccc(-c3cc(-c4cc(-c5cccc6c5oc5ccccc56)cc(-c5cccc6c5oc5ccccc56)c4)nc(-c4ccco4)n3)cc2)cc1. The molecule has 258 valence electrons. The van der Waals surface area contributed by atoms with Crippen molar-refractivity contribution in [2.24, 2.45) is 0 Å². The van der Waals surface area contributed by atoms with Crippen LogP contribution in [0.4, 0.5) is 0 Å². The Balaban J connectivity index is 1.15. The van der Waals surface area contributed by atoms with Crippen molar-refractivity contribution in [1.29, 1.82) is 0 Å². The fraction of sp³-hybridized carbons (Fsp3) is 0. The van der Waals surface area contributed by atoms with Crippen LogP contribution in [0.15, 0.2) is 195 Å². The standard InChI is InChI=1S/C50H30N2O3/c1-2-11-31(12-3-1)32-22-24-33(25-23-32)43-30-44(52-50(51-43)47-21-10-26-53-47)36-28-34(37-15-8-17-41-39-13-4-6-19-45(39)54-48(37)41)27-35(29-36)38-16-9-18-42-40-14-5-7-20-46(40)55-49(38)42/h1-30H. The third-order valence-corrected chi connectivity index (χ3v) is 10.4. The molecule has 0 N–H and O–H groups in total. The summed E-state index contributed by atoms with van der Waals surface area (Å²) >= 11 is 0. The predicted octanol–water partition coefficient (Wildman–Crippen LogP) is 13.9. The minimum absolute atomic E-state index is 0.510. The Hall–Kier alpha value is -7.50. The van der Waals surface area contributed by atoms with E-state index >= 15 is 0 Å². The first kappa shape index (κ1) is 31.1. The smallest absolute Gasteiger partial charge is 0.196 e. The van der Waals surface area contributed by atoms with Crippen molar-refractivity contribution >= 4 is 43.9 Å². The van der Waals surface area contributed by atoms with Gasteiger partial charge in [0.15, 0.2) is 11.6 Å². The number of fused-ring (bicyclic) bond motifs is 6. The van der Waals surface area contributed by atoms with Gasteiger partial charge in [-0.15, -0.1) is 0 Å². The van der Waals surface area contributed by atoms with Crippen molar-refractivity contribution in [3.05, 3.63) is 182 Å². The second kappa shape index (κ2) is 12.6. The maximum Gasteiger partial charge on any atom is 0.196 e. The van der Waals surface area contributed by atoms with Crippen molar-refractivity contribution in [2.75, 3.05) is 0 Å². The van der Waals surface area contributed by atoms with Gasteiger partial charge in [-0.2, -0.15) is 0 Å². The molecule has 0 unspecified atom stereocenters. The van der Waals surface area contributed by atoms with Crippen molar-refractivity contribution in [2.45, 2.75) is 0 Å². The van der Waals surface area contributed by atoms with Crippen molar-refractivity contribution < 1.29 is 13.3 Å². The van der Waals surface area contributed by atoms with E-state index in [2.05, 4.69) is 133 Å². The van der Waals surface area contributed by atoms with E-state index in [-0.39, 0.29) is 0 Å². The normalized spacial score (nSPS) is 11.6. The van der Waals surface area contributed by atoms with Crippen LogP contribution in [0.1, 0.15) is 0 Å². The van der Waals surface area contributed by atoms with E-state index in [0.29, 0.717) is 11.6 Å². The molecule has 0 amide bonds. The Labute approximate surface area is 315 Å². The van der Waals surface area contributed by atoms with Gasteiger partial charge in [-0.1, -0.05) is 127 Å². The number of rotatable bonds is 6. The molecule has 5 nitrogen and oxygen atoms in total. The lowest BCUT2D eigenvalue weighted by molar-refractivity contribution is 0.577. The summed E-state index contributed by atoms with van der Waals surface area (Å²) in [5, 5.41) is 4.32. The maximum absolute atomic E-state index is 6.57. The van der Waals surface area contributed by atoms with Crippen LogP contribution in [0, 0.1) is 0 Å². The summed E-state index contributed by atoms with van der Waals surface area (Å²) in [7, 11) is 0. The summed E-state index contributed by atoms with van der Waals surface area (Å²) in [6.45, 7) is 0. The molecule has 11 rings (SSSR count). The van der Waals surface area contributed by atoms with Gasteiger partial charge < -0.3 is 13.3 Å². The highest BCUT2D eigenvalue weighted by Gasteiger charge is 2.19. The molecule has 7 aromatic carbocycles. The zero-order chi connectivity index (χ0) is 36.3. The second-order valence-electron chi connectivity index (χ2n) is 13.7. The molecule has 5 heteroatoms. The first-order valence-corrected chi connectivity index (χ1v) is 18.3. The van der Waals surface area contributed by atoms with Crippen LogP contribution in [-0.4, -0.2) is 9.97 Å². The van der Waals surface area contributed by atoms with E-state index in [1.807, 2.05) is 42.5 Å². The monoisotopic (exact) mass is 706 g/mol. The summed E-state index contributed by atoms with van der Waals surface area (Å²) in [4.78, 5) is 10.2. The van der Waals surface area contributed by atoms with E-state index < -0.39 is 0 Å². The van der Waals surface area contributed by atoms with Gasteiger partial charge in [-0.05, 0) is 70.8 Å². The van der Waals surface area contributed by atoms with Gasteiger partial charge in [0.2, 0.25) is 0 Å². The highest BCUT2D eigenvalue weighted by atomic mass is 16.3. The molecular weight excluding hydrogens is 677 g/mol. The number of para-hydroxylation sites is 4. The highest BCUT2D eigenvalue weighted by Crippen LogP contribution is 2.42.